The predicted molar refractivity (Wildman–Crippen MR) is 43.8 cm³/mol. The Kier molecular flexibility index (Phi) is 5.35. The van der Waals surface area contributed by atoms with E-state index in [2.05, 4.69) is 0 Å². The highest BCUT2D eigenvalue weighted by Crippen LogP contribution is 1.93. The van der Waals surface area contributed by atoms with Gasteiger partial charge in [0.25, 0.3) is 0 Å². The van der Waals surface area contributed by atoms with Crippen LogP contribution in [-0.4, -0.2) is 6.29 Å². The maximum atomic E-state index is 9.85. The summed E-state index contributed by atoms with van der Waals surface area (Å²) in [5.74, 6) is 0. The number of aldehydes is 1. The third kappa shape index (κ3) is 5.04. The summed E-state index contributed by atoms with van der Waals surface area (Å²) in [6.07, 6.45) is 9.85. The first-order chi connectivity index (χ1) is 4.81. The van der Waals surface area contributed by atoms with Crippen molar-refractivity contribution in [1.82, 2.24) is 0 Å². The van der Waals surface area contributed by atoms with Crippen LogP contribution >= 0.6 is 0 Å². The molecule has 0 aliphatic carbocycles. The molecular formula is C9H12O. The molecule has 0 radical (unpaired) electrons. The van der Waals surface area contributed by atoms with Gasteiger partial charge in [-0.05, 0) is 19.9 Å². The first-order valence-electron chi connectivity index (χ1n) is 3.22. The van der Waals surface area contributed by atoms with E-state index in [0.29, 0.717) is 0 Å². The van der Waals surface area contributed by atoms with Crippen molar-refractivity contribution in [2.45, 2.75) is 13.8 Å². The number of carbonyl (C=O) groups excluding carboxylic acids is 1. The first-order valence-corrected chi connectivity index (χ1v) is 3.22. The summed E-state index contributed by atoms with van der Waals surface area (Å²) in [6.45, 7) is 3.90. The lowest BCUT2D eigenvalue weighted by molar-refractivity contribution is -0.104. The van der Waals surface area contributed by atoms with Gasteiger partial charge in [-0.3, -0.25) is 4.79 Å². The van der Waals surface area contributed by atoms with Crippen LogP contribution in [0.1, 0.15) is 13.8 Å². The highest BCUT2D eigenvalue weighted by Gasteiger charge is 1.74. The van der Waals surface area contributed by atoms with Crippen molar-refractivity contribution >= 4 is 6.29 Å². The van der Waals surface area contributed by atoms with Gasteiger partial charge in [-0.25, -0.2) is 0 Å². The van der Waals surface area contributed by atoms with Crippen molar-refractivity contribution in [2.24, 2.45) is 0 Å². The molecular weight excluding hydrogens is 124 g/mol. The highest BCUT2D eigenvalue weighted by atomic mass is 16.1. The average molecular weight is 136 g/mol. The van der Waals surface area contributed by atoms with Gasteiger partial charge in [-0.2, -0.15) is 0 Å². The van der Waals surface area contributed by atoms with Crippen molar-refractivity contribution in [1.29, 1.82) is 0 Å². The molecule has 10 heavy (non-hydrogen) atoms. The highest BCUT2D eigenvalue weighted by molar-refractivity contribution is 5.65. The molecule has 0 aromatic heterocycles. The lowest BCUT2D eigenvalue weighted by atomic mass is 10.2. The van der Waals surface area contributed by atoms with E-state index < -0.39 is 0 Å². The zero-order chi connectivity index (χ0) is 7.82. The number of allylic oxidation sites excluding steroid dienone is 6. The molecule has 0 saturated heterocycles. The van der Waals surface area contributed by atoms with E-state index in [9.17, 15) is 4.79 Å². The van der Waals surface area contributed by atoms with Gasteiger partial charge in [0.15, 0.2) is 0 Å². The van der Waals surface area contributed by atoms with Crippen molar-refractivity contribution in [3.63, 3.8) is 0 Å². The van der Waals surface area contributed by atoms with Gasteiger partial charge in [0.05, 0.1) is 0 Å². The Labute approximate surface area is 61.8 Å². The van der Waals surface area contributed by atoms with Crippen LogP contribution in [0.5, 0.6) is 0 Å². The third-order valence-electron chi connectivity index (χ3n) is 0.989. The van der Waals surface area contributed by atoms with E-state index in [0.717, 1.165) is 11.9 Å². The van der Waals surface area contributed by atoms with E-state index in [4.69, 9.17) is 0 Å². The second-order valence-corrected chi connectivity index (χ2v) is 1.93. The zero-order valence-electron chi connectivity index (χ0n) is 6.37. The number of carbonyl (C=O) groups is 1. The molecule has 0 rings (SSSR count). The molecule has 0 bridgehead atoms. The maximum Gasteiger partial charge on any atom is 0.142 e. The van der Waals surface area contributed by atoms with Crippen LogP contribution in [0.25, 0.3) is 0 Å². The van der Waals surface area contributed by atoms with Crippen LogP contribution in [0.15, 0.2) is 36.0 Å². The lowest BCUT2D eigenvalue weighted by Crippen LogP contribution is -1.66. The molecule has 0 aromatic carbocycles. The van der Waals surface area contributed by atoms with Crippen LogP contribution in [-0.2, 0) is 4.79 Å². The Hall–Kier alpha value is -1.11. The van der Waals surface area contributed by atoms with Crippen LogP contribution in [0.3, 0.4) is 0 Å². The average Bonchev–Trinajstić information content (AvgIpc) is 1.97. The van der Waals surface area contributed by atoms with Gasteiger partial charge in [0.1, 0.15) is 6.29 Å². The van der Waals surface area contributed by atoms with Gasteiger partial charge in [0.2, 0.25) is 0 Å². The van der Waals surface area contributed by atoms with E-state index in [-0.39, 0.29) is 0 Å². The fraction of sp³-hybridized carbons (Fsp3) is 0.222. The fourth-order valence-electron chi connectivity index (χ4n) is 0.495. The number of hydrogen-bond donors (Lipinski definition) is 0. The molecule has 0 fully saturated rings. The second kappa shape index (κ2) is 6.02. The summed E-state index contributed by atoms with van der Waals surface area (Å²) in [7, 11) is 0. The Balaban J connectivity index is 3.93. The molecule has 1 heteroatoms. The van der Waals surface area contributed by atoms with Crippen LogP contribution in [0, 0.1) is 0 Å². The Morgan fingerprint density at radius 3 is 2.50 bits per heavy atom. The van der Waals surface area contributed by atoms with Crippen molar-refractivity contribution in [3.8, 4) is 0 Å². The molecule has 54 valence electrons. The smallest absolute Gasteiger partial charge is 0.142 e. The lowest BCUT2D eigenvalue weighted by Gasteiger charge is -1.83. The summed E-state index contributed by atoms with van der Waals surface area (Å²) in [6, 6.07) is 0. The summed E-state index contributed by atoms with van der Waals surface area (Å²) in [4.78, 5) is 9.85. The molecule has 0 aromatic rings. The largest absolute Gasteiger partial charge is 0.299 e. The Morgan fingerprint density at radius 1 is 1.30 bits per heavy atom. The quantitative estimate of drug-likeness (QED) is 0.330. The van der Waals surface area contributed by atoms with E-state index in [1.165, 1.54) is 6.08 Å². The summed E-state index contributed by atoms with van der Waals surface area (Å²) in [5.41, 5.74) is 1.07. The van der Waals surface area contributed by atoms with E-state index in [1.54, 1.807) is 6.08 Å². The van der Waals surface area contributed by atoms with Gasteiger partial charge in [0, 0.05) is 0 Å². The third-order valence-corrected chi connectivity index (χ3v) is 0.989. The summed E-state index contributed by atoms with van der Waals surface area (Å²) < 4.78 is 0. The minimum Gasteiger partial charge on any atom is -0.299 e. The first kappa shape index (κ1) is 8.89. The minimum absolute atomic E-state index is 0.771. The molecule has 0 unspecified atom stereocenters. The van der Waals surface area contributed by atoms with Crippen LogP contribution < -0.4 is 0 Å². The van der Waals surface area contributed by atoms with E-state index >= 15 is 0 Å². The van der Waals surface area contributed by atoms with Crippen molar-refractivity contribution < 1.29 is 4.79 Å². The van der Waals surface area contributed by atoms with Gasteiger partial charge < -0.3 is 0 Å². The monoisotopic (exact) mass is 136 g/mol. The molecule has 0 N–H and O–H groups in total. The normalized spacial score (nSPS) is 13.2. The van der Waals surface area contributed by atoms with E-state index in [1.807, 2.05) is 32.1 Å². The molecule has 0 aliphatic heterocycles. The zero-order valence-corrected chi connectivity index (χ0v) is 6.37. The van der Waals surface area contributed by atoms with Gasteiger partial charge in [-0.15, -0.1) is 0 Å². The number of hydrogen-bond acceptors (Lipinski definition) is 1. The Morgan fingerprint density at radius 2 is 2.00 bits per heavy atom. The summed E-state index contributed by atoms with van der Waals surface area (Å²) >= 11 is 0. The van der Waals surface area contributed by atoms with Gasteiger partial charge in [-0.1, -0.05) is 29.9 Å². The minimum atomic E-state index is 0.771. The standard InChI is InChI=1S/C9H12O/c1-3-4-6-9(2)7-5-8-10/h3-8H,1-2H3/b4-3-,7-5+,9-6+. The number of rotatable bonds is 3. The maximum absolute atomic E-state index is 9.85. The summed E-state index contributed by atoms with van der Waals surface area (Å²) in [5, 5.41) is 0. The van der Waals surface area contributed by atoms with Crippen molar-refractivity contribution in [2.75, 3.05) is 0 Å². The van der Waals surface area contributed by atoms with Crippen LogP contribution in [0.2, 0.25) is 0 Å². The molecule has 0 atom stereocenters. The molecule has 1 nitrogen and oxygen atoms in total. The second-order valence-electron chi connectivity index (χ2n) is 1.93. The fourth-order valence-corrected chi connectivity index (χ4v) is 0.495. The van der Waals surface area contributed by atoms with Crippen molar-refractivity contribution in [3.05, 3.63) is 36.0 Å². The topological polar surface area (TPSA) is 17.1 Å². The Bertz CT molecular complexity index is 173. The molecule has 0 spiro atoms. The molecule has 0 heterocycles. The predicted octanol–water partition coefficient (Wildman–Crippen LogP) is 2.26. The molecule has 0 aliphatic rings. The van der Waals surface area contributed by atoms with Crippen LogP contribution in [0.4, 0.5) is 0 Å². The van der Waals surface area contributed by atoms with Gasteiger partial charge >= 0.3 is 0 Å². The SMILES string of the molecule is C\C=C/C=C(C)/C=C/C=O. The molecule has 0 saturated carbocycles. The molecule has 0 amide bonds.